The highest BCUT2D eigenvalue weighted by Gasteiger charge is 2.17. The zero-order chi connectivity index (χ0) is 17.6. The van der Waals surface area contributed by atoms with E-state index in [0.29, 0.717) is 12.3 Å². The van der Waals surface area contributed by atoms with Crippen LogP contribution >= 0.6 is 0 Å². The summed E-state index contributed by atoms with van der Waals surface area (Å²) >= 11 is 0. The molecule has 2 aromatic rings. The number of carbonyl (C=O) groups excluding carboxylic acids is 1. The number of hydrogen-bond acceptors (Lipinski definition) is 1. The van der Waals surface area contributed by atoms with Crippen LogP contribution in [0.15, 0.2) is 42.5 Å². The van der Waals surface area contributed by atoms with Crippen LogP contribution in [0.4, 0.5) is 0 Å². The fraction of sp³-hybridized carbons (Fsp3) is 0.348. The van der Waals surface area contributed by atoms with E-state index in [1.165, 1.54) is 27.8 Å². The number of likely N-dealkylation sites (tertiary alicyclic amines) is 1. The van der Waals surface area contributed by atoms with Crippen molar-refractivity contribution in [3.63, 3.8) is 0 Å². The van der Waals surface area contributed by atoms with Gasteiger partial charge in [0.2, 0.25) is 5.91 Å². The van der Waals surface area contributed by atoms with E-state index in [2.05, 4.69) is 68.5 Å². The zero-order valence-corrected chi connectivity index (χ0v) is 15.3. The van der Waals surface area contributed by atoms with Crippen LogP contribution in [0, 0.1) is 13.8 Å². The maximum Gasteiger partial charge on any atom is 0.222 e. The minimum Gasteiger partial charge on any atom is -0.343 e. The second kappa shape index (κ2) is 8.15. The molecule has 0 unspecified atom stereocenters. The summed E-state index contributed by atoms with van der Waals surface area (Å²) < 4.78 is 0. The summed E-state index contributed by atoms with van der Waals surface area (Å²) in [4.78, 5) is 14.2. The summed E-state index contributed by atoms with van der Waals surface area (Å²) in [6.07, 6.45) is 8.11. The number of nitrogens with zero attached hydrogens (tertiary/aromatic N) is 1. The predicted molar refractivity (Wildman–Crippen MR) is 105 cm³/mol. The molecular weight excluding hydrogens is 306 g/mol. The quantitative estimate of drug-likeness (QED) is 0.703. The van der Waals surface area contributed by atoms with Crippen molar-refractivity contribution >= 4 is 18.1 Å². The number of rotatable bonds is 5. The normalized spacial score (nSPS) is 14.4. The van der Waals surface area contributed by atoms with E-state index in [-0.39, 0.29) is 0 Å². The maximum absolute atomic E-state index is 12.2. The van der Waals surface area contributed by atoms with Crippen LogP contribution < -0.4 is 0 Å². The van der Waals surface area contributed by atoms with E-state index in [4.69, 9.17) is 0 Å². The monoisotopic (exact) mass is 333 g/mol. The van der Waals surface area contributed by atoms with Gasteiger partial charge in [-0.15, -0.1) is 0 Å². The number of carbonyl (C=O) groups is 1. The first kappa shape index (κ1) is 17.5. The summed E-state index contributed by atoms with van der Waals surface area (Å²) in [5.41, 5.74) is 6.30. The molecule has 0 aromatic heterocycles. The molecule has 0 spiro atoms. The fourth-order valence-electron chi connectivity index (χ4n) is 3.50. The summed E-state index contributed by atoms with van der Waals surface area (Å²) in [5.74, 6) is 0.300. The lowest BCUT2D eigenvalue weighted by atomic mass is 10.0. The van der Waals surface area contributed by atoms with Crippen LogP contribution in [-0.4, -0.2) is 23.9 Å². The molecule has 1 fully saturated rings. The van der Waals surface area contributed by atoms with E-state index in [9.17, 15) is 4.79 Å². The smallest absolute Gasteiger partial charge is 0.222 e. The van der Waals surface area contributed by atoms with Crippen LogP contribution in [-0.2, 0) is 11.2 Å². The summed E-state index contributed by atoms with van der Waals surface area (Å²) in [6, 6.07) is 14.9. The molecule has 0 radical (unpaired) electrons. The molecule has 130 valence electrons. The Labute approximate surface area is 151 Å². The fourth-order valence-corrected chi connectivity index (χ4v) is 3.50. The Morgan fingerprint density at radius 2 is 1.68 bits per heavy atom. The number of benzene rings is 2. The minimum atomic E-state index is 0.300. The highest BCUT2D eigenvalue weighted by atomic mass is 16.2. The first-order valence-electron chi connectivity index (χ1n) is 9.24. The Morgan fingerprint density at radius 3 is 2.40 bits per heavy atom. The standard InChI is InChI=1S/C23H27NO/c1-18-7-5-8-19(2)22(18)13-11-20-9-6-10-21(17-20)12-14-23(25)24-15-3-4-16-24/h5-11,13,17H,3-4,12,14-16H2,1-2H3. The van der Waals surface area contributed by atoms with Gasteiger partial charge in [-0.1, -0.05) is 54.6 Å². The molecule has 0 atom stereocenters. The van der Waals surface area contributed by atoms with Gasteiger partial charge in [0.15, 0.2) is 0 Å². The minimum absolute atomic E-state index is 0.300. The van der Waals surface area contributed by atoms with Crippen LogP contribution in [0.1, 0.15) is 47.1 Å². The third-order valence-electron chi connectivity index (χ3n) is 5.02. The highest BCUT2D eigenvalue weighted by Crippen LogP contribution is 2.18. The lowest BCUT2D eigenvalue weighted by Crippen LogP contribution is -2.27. The van der Waals surface area contributed by atoms with E-state index < -0.39 is 0 Å². The van der Waals surface area contributed by atoms with E-state index in [1.807, 2.05) is 4.90 Å². The predicted octanol–water partition coefficient (Wildman–Crippen LogP) is 5.03. The molecule has 3 rings (SSSR count). The lowest BCUT2D eigenvalue weighted by molar-refractivity contribution is -0.130. The van der Waals surface area contributed by atoms with Crippen molar-refractivity contribution < 1.29 is 4.79 Å². The van der Waals surface area contributed by atoms with E-state index in [0.717, 1.165) is 32.4 Å². The Balaban J connectivity index is 1.65. The molecule has 1 aliphatic heterocycles. The van der Waals surface area contributed by atoms with Crippen molar-refractivity contribution in [3.8, 4) is 0 Å². The molecule has 2 aromatic carbocycles. The molecular formula is C23H27NO. The molecule has 0 saturated carbocycles. The Kier molecular flexibility index (Phi) is 5.70. The van der Waals surface area contributed by atoms with E-state index >= 15 is 0 Å². The van der Waals surface area contributed by atoms with Gasteiger partial charge in [0.25, 0.3) is 0 Å². The molecule has 0 aliphatic carbocycles. The molecule has 25 heavy (non-hydrogen) atoms. The molecule has 0 bridgehead atoms. The summed E-state index contributed by atoms with van der Waals surface area (Å²) in [6.45, 7) is 6.18. The van der Waals surface area contributed by atoms with Crippen LogP contribution in [0.25, 0.3) is 12.2 Å². The first-order chi connectivity index (χ1) is 12.1. The van der Waals surface area contributed by atoms with Crippen molar-refractivity contribution in [1.29, 1.82) is 0 Å². The third-order valence-corrected chi connectivity index (χ3v) is 5.02. The van der Waals surface area contributed by atoms with Crippen molar-refractivity contribution in [2.24, 2.45) is 0 Å². The lowest BCUT2D eigenvalue weighted by Gasteiger charge is -2.15. The average Bonchev–Trinajstić information content (AvgIpc) is 3.14. The van der Waals surface area contributed by atoms with Crippen molar-refractivity contribution in [2.45, 2.75) is 39.5 Å². The van der Waals surface area contributed by atoms with Gasteiger partial charge < -0.3 is 4.90 Å². The molecule has 2 nitrogen and oxygen atoms in total. The van der Waals surface area contributed by atoms with Gasteiger partial charge in [0.1, 0.15) is 0 Å². The largest absolute Gasteiger partial charge is 0.343 e. The van der Waals surface area contributed by atoms with Crippen molar-refractivity contribution in [1.82, 2.24) is 4.90 Å². The van der Waals surface area contributed by atoms with Gasteiger partial charge in [-0.05, 0) is 60.9 Å². The molecule has 0 N–H and O–H groups in total. The Morgan fingerprint density at radius 1 is 1.00 bits per heavy atom. The van der Waals surface area contributed by atoms with Gasteiger partial charge in [-0.2, -0.15) is 0 Å². The zero-order valence-electron chi connectivity index (χ0n) is 15.3. The Hall–Kier alpha value is -2.35. The van der Waals surface area contributed by atoms with E-state index in [1.54, 1.807) is 0 Å². The van der Waals surface area contributed by atoms with Gasteiger partial charge in [0, 0.05) is 19.5 Å². The molecule has 1 saturated heterocycles. The molecule has 1 amide bonds. The SMILES string of the molecule is Cc1cccc(C)c1C=Cc1cccc(CCC(=O)N2CCCC2)c1. The second-order valence-corrected chi connectivity index (χ2v) is 6.97. The topological polar surface area (TPSA) is 20.3 Å². The summed E-state index contributed by atoms with van der Waals surface area (Å²) in [7, 11) is 0. The van der Waals surface area contributed by atoms with Crippen LogP contribution in [0.3, 0.4) is 0 Å². The molecule has 2 heteroatoms. The highest BCUT2D eigenvalue weighted by molar-refractivity contribution is 5.77. The van der Waals surface area contributed by atoms with Crippen molar-refractivity contribution in [3.05, 3.63) is 70.3 Å². The second-order valence-electron chi connectivity index (χ2n) is 6.97. The van der Waals surface area contributed by atoms with Crippen LogP contribution in [0.2, 0.25) is 0 Å². The van der Waals surface area contributed by atoms with Gasteiger partial charge in [-0.3, -0.25) is 4.79 Å². The molecule has 1 aliphatic rings. The van der Waals surface area contributed by atoms with Gasteiger partial charge >= 0.3 is 0 Å². The third kappa shape index (κ3) is 4.60. The number of amides is 1. The Bertz CT molecular complexity index is 749. The summed E-state index contributed by atoms with van der Waals surface area (Å²) in [5, 5.41) is 0. The maximum atomic E-state index is 12.2. The van der Waals surface area contributed by atoms with Gasteiger partial charge in [0.05, 0.1) is 0 Å². The first-order valence-corrected chi connectivity index (χ1v) is 9.24. The van der Waals surface area contributed by atoms with Crippen LogP contribution in [0.5, 0.6) is 0 Å². The van der Waals surface area contributed by atoms with Gasteiger partial charge in [-0.25, -0.2) is 0 Å². The molecule has 1 heterocycles. The number of hydrogen-bond donors (Lipinski definition) is 0. The number of aryl methyl sites for hydroxylation is 3. The van der Waals surface area contributed by atoms with Crippen molar-refractivity contribution in [2.75, 3.05) is 13.1 Å². The average molecular weight is 333 g/mol.